The quantitative estimate of drug-likeness (QED) is 0.314. The topological polar surface area (TPSA) is 36.9 Å². The summed E-state index contributed by atoms with van der Waals surface area (Å²) in [5, 5.41) is 3.47. The van der Waals surface area contributed by atoms with Gasteiger partial charge in [-0.2, -0.15) is 11.8 Å². The zero-order valence-corrected chi connectivity index (χ0v) is 16.9. The zero-order valence-electron chi connectivity index (χ0n) is 13.9. The molecule has 2 rings (SSSR count). The average Bonchev–Trinajstić information content (AvgIpc) is 2.58. The molecule has 0 aromatic heterocycles. The first kappa shape index (κ1) is 18.7. The maximum absolute atomic E-state index is 6.16. The molecule has 1 fully saturated rings. The predicted octanol–water partition coefficient (Wildman–Crippen LogP) is 3.46. The minimum atomic E-state index is 0.303. The van der Waals surface area contributed by atoms with Gasteiger partial charge in [-0.1, -0.05) is 12.1 Å². The number of aliphatic imine (C=N–C) groups is 1. The van der Waals surface area contributed by atoms with E-state index in [1.54, 1.807) is 0 Å². The van der Waals surface area contributed by atoms with E-state index in [9.17, 15) is 0 Å². The Morgan fingerprint density at radius 3 is 2.78 bits per heavy atom. The Morgan fingerprint density at radius 1 is 1.39 bits per heavy atom. The van der Waals surface area contributed by atoms with Crippen LogP contribution in [0.1, 0.15) is 19.3 Å². The van der Waals surface area contributed by atoms with E-state index < -0.39 is 0 Å². The molecular weight excluding hydrogens is 421 g/mol. The van der Waals surface area contributed by atoms with E-state index in [1.165, 1.54) is 15.7 Å². The van der Waals surface area contributed by atoms with Gasteiger partial charge in [0.05, 0.1) is 3.57 Å². The van der Waals surface area contributed by atoms with Crippen molar-refractivity contribution >= 4 is 40.3 Å². The molecule has 4 nitrogen and oxygen atoms in total. The molecule has 0 bridgehead atoms. The van der Waals surface area contributed by atoms with Gasteiger partial charge < -0.3 is 15.0 Å². The second kappa shape index (κ2) is 10.3. The van der Waals surface area contributed by atoms with E-state index in [4.69, 9.17) is 4.74 Å². The second-order valence-corrected chi connectivity index (χ2v) is 7.70. The molecule has 23 heavy (non-hydrogen) atoms. The number of guanidine groups is 1. The smallest absolute Gasteiger partial charge is 0.193 e. The lowest BCUT2D eigenvalue weighted by atomic mass is 10.1. The van der Waals surface area contributed by atoms with E-state index in [-0.39, 0.29) is 0 Å². The summed E-state index contributed by atoms with van der Waals surface area (Å²) in [6.45, 7) is 2.98. The van der Waals surface area contributed by atoms with Gasteiger partial charge in [0.1, 0.15) is 11.9 Å². The molecule has 128 valence electrons. The van der Waals surface area contributed by atoms with Crippen LogP contribution in [0.5, 0.6) is 5.75 Å². The summed E-state index contributed by atoms with van der Waals surface area (Å²) in [5.74, 6) is 3.22. The molecule has 0 radical (unpaired) electrons. The van der Waals surface area contributed by atoms with Crippen LogP contribution in [0.4, 0.5) is 0 Å². The summed E-state index contributed by atoms with van der Waals surface area (Å²) in [4.78, 5) is 6.76. The lowest BCUT2D eigenvalue weighted by Crippen LogP contribution is -2.47. The molecule has 1 heterocycles. The molecule has 6 heteroatoms. The molecule has 1 aliphatic heterocycles. The third kappa shape index (κ3) is 6.06. The highest BCUT2D eigenvalue weighted by molar-refractivity contribution is 14.1. The first-order chi connectivity index (χ1) is 11.2. The van der Waals surface area contributed by atoms with Crippen molar-refractivity contribution in [1.82, 2.24) is 10.2 Å². The molecule has 1 aromatic rings. The van der Waals surface area contributed by atoms with Crippen LogP contribution in [0.25, 0.3) is 0 Å². The van der Waals surface area contributed by atoms with E-state index >= 15 is 0 Å². The van der Waals surface area contributed by atoms with Crippen LogP contribution in [0.2, 0.25) is 0 Å². The normalized spacial score (nSPS) is 16.5. The number of nitrogens with one attached hydrogen (secondary N) is 1. The Balaban J connectivity index is 1.77. The Labute approximate surface area is 157 Å². The third-order valence-electron chi connectivity index (χ3n) is 3.89. The first-order valence-electron chi connectivity index (χ1n) is 8.10. The Kier molecular flexibility index (Phi) is 8.36. The number of piperidine rings is 1. The zero-order chi connectivity index (χ0) is 16.5. The molecule has 1 aliphatic rings. The molecule has 1 saturated heterocycles. The molecule has 1 aromatic carbocycles. The number of nitrogens with zero attached hydrogens (tertiary/aromatic N) is 2. The number of halogens is 1. The highest BCUT2D eigenvalue weighted by atomic mass is 127. The Bertz CT molecular complexity index is 504. The molecule has 1 N–H and O–H groups in total. The standard InChI is InChI=1S/C17H26IN3OS/c1-19-17(20-10-5-13-23-2)21-11-8-14(9-12-21)22-16-7-4-3-6-15(16)18/h3-4,6-7,14H,5,8-13H2,1-2H3,(H,19,20). The van der Waals surface area contributed by atoms with Crippen molar-refractivity contribution in [3.8, 4) is 5.75 Å². The summed E-state index contributed by atoms with van der Waals surface area (Å²) in [7, 11) is 1.87. The highest BCUT2D eigenvalue weighted by Crippen LogP contribution is 2.24. The minimum absolute atomic E-state index is 0.303. The van der Waals surface area contributed by atoms with Crippen molar-refractivity contribution in [2.45, 2.75) is 25.4 Å². The van der Waals surface area contributed by atoms with Crippen LogP contribution >= 0.6 is 34.4 Å². The number of likely N-dealkylation sites (tertiary alicyclic amines) is 1. The van der Waals surface area contributed by atoms with Crippen molar-refractivity contribution in [3.05, 3.63) is 27.8 Å². The second-order valence-electron chi connectivity index (χ2n) is 5.56. The fourth-order valence-corrected chi connectivity index (χ4v) is 3.60. The van der Waals surface area contributed by atoms with Crippen molar-refractivity contribution in [2.24, 2.45) is 4.99 Å². The van der Waals surface area contributed by atoms with Gasteiger partial charge in [0.25, 0.3) is 0 Å². The Morgan fingerprint density at radius 2 is 2.13 bits per heavy atom. The van der Waals surface area contributed by atoms with Gasteiger partial charge in [-0.3, -0.25) is 4.99 Å². The van der Waals surface area contributed by atoms with E-state index in [2.05, 4.69) is 56.2 Å². The fourth-order valence-electron chi connectivity index (χ4n) is 2.65. The number of ether oxygens (including phenoxy) is 1. The summed E-state index contributed by atoms with van der Waals surface area (Å²) in [6, 6.07) is 8.22. The van der Waals surface area contributed by atoms with Gasteiger partial charge in [0.2, 0.25) is 0 Å². The van der Waals surface area contributed by atoms with Crippen molar-refractivity contribution < 1.29 is 4.74 Å². The number of thioether (sulfide) groups is 1. The lowest BCUT2D eigenvalue weighted by molar-refractivity contribution is 0.128. The molecule has 0 saturated carbocycles. The van der Waals surface area contributed by atoms with Gasteiger partial charge in [-0.05, 0) is 53.2 Å². The maximum atomic E-state index is 6.16. The van der Waals surface area contributed by atoms with Crippen LogP contribution < -0.4 is 10.1 Å². The minimum Gasteiger partial charge on any atom is -0.489 e. The molecule has 0 unspecified atom stereocenters. The number of hydrogen-bond acceptors (Lipinski definition) is 3. The van der Waals surface area contributed by atoms with E-state index in [0.717, 1.165) is 44.2 Å². The SMILES string of the molecule is CN=C(NCCCSC)N1CCC(Oc2ccccc2I)CC1. The van der Waals surface area contributed by atoms with Crippen LogP contribution in [0, 0.1) is 3.57 Å². The van der Waals surface area contributed by atoms with Crippen LogP contribution in [0.3, 0.4) is 0 Å². The van der Waals surface area contributed by atoms with Gasteiger partial charge in [0.15, 0.2) is 5.96 Å². The fraction of sp³-hybridized carbons (Fsp3) is 0.588. The number of hydrogen-bond donors (Lipinski definition) is 1. The molecule has 0 atom stereocenters. The largest absolute Gasteiger partial charge is 0.489 e. The molecule has 0 spiro atoms. The summed E-state index contributed by atoms with van der Waals surface area (Å²) in [5.41, 5.74) is 0. The number of benzene rings is 1. The Hall–Kier alpha value is -0.630. The van der Waals surface area contributed by atoms with E-state index in [1.807, 2.05) is 30.9 Å². The number of para-hydroxylation sites is 1. The molecule has 0 aliphatic carbocycles. The van der Waals surface area contributed by atoms with Crippen molar-refractivity contribution in [2.75, 3.05) is 38.7 Å². The van der Waals surface area contributed by atoms with Gasteiger partial charge in [-0.15, -0.1) is 0 Å². The third-order valence-corrected chi connectivity index (χ3v) is 5.48. The highest BCUT2D eigenvalue weighted by Gasteiger charge is 2.23. The van der Waals surface area contributed by atoms with Crippen molar-refractivity contribution in [1.29, 1.82) is 0 Å². The monoisotopic (exact) mass is 447 g/mol. The predicted molar refractivity (Wildman–Crippen MR) is 109 cm³/mol. The molecule has 0 amide bonds. The van der Waals surface area contributed by atoms with Gasteiger partial charge in [0, 0.05) is 39.5 Å². The van der Waals surface area contributed by atoms with Crippen molar-refractivity contribution in [3.63, 3.8) is 0 Å². The average molecular weight is 447 g/mol. The van der Waals surface area contributed by atoms with Gasteiger partial charge >= 0.3 is 0 Å². The van der Waals surface area contributed by atoms with Crippen LogP contribution in [-0.4, -0.2) is 55.7 Å². The summed E-state index contributed by atoms with van der Waals surface area (Å²) < 4.78 is 7.34. The van der Waals surface area contributed by atoms with Crippen LogP contribution in [-0.2, 0) is 0 Å². The first-order valence-corrected chi connectivity index (χ1v) is 10.6. The molecular formula is C17H26IN3OS. The van der Waals surface area contributed by atoms with Gasteiger partial charge in [-0.25, -0.2) is 0 Å². The van der Waals surface area contributed by atoms with Crippen LogP contribution in [0.15, 0.2) is 29.3 Å². The maximum Gasteiger partial charge on any atom is 0.193 e. The summed E-state index contributed by atoms with van der Waals surface area (Å²) >= 11 is 4.22. The van der Waals surface area contributed by atoms with E-state index in [0.29, 0.717) is 6.10 Å². The summed E-state index contributed by atoms with van der Waals surface area (Å²) in [6.07, 6.45) is 5.70. The lowest BCUT2D eigenvalue weighted by Gasteiger charge is -2.34. The number of rotatable bonds is 6.